The lowest BCUT2D eigenvalue weighted by molar-refractivity contribution is -0.130. The highest BCUT2D eigenvalue weighted by Gasteiger charge is 2.33. The zero-order valence-electron chi connectivity index (χ0n) is 10.1. The van der Waals surface area contributed by atoms with Crippen molar-refractivity contribution in [2.75, 3.05) is 6.54 Å². The quantitative estimate of drug-likeness (QED) is 0.768. The van der Waals surface area contributed by atoms with Gasteiger partial charge in [-0.25, -0.2) is 0 Å². The van der Waals surface area contributed by atoms with Crippen molar-refractivity contribution in [1.29, 1.82) is 0 Å². The van der Waals surface area contributed by atoms with Crippen LogP contribution in [0.2, 0.25) is 0 Å². The minimum Gasteiger partial charge on any atom is -0.378 e. The van der Waals surface area contributed by atoms with Gasteiger partial charge in [-0.3, -0.25) is 4.79 Å². The fourth-order valence-corrected chi connectivity index (χ4v) is 1.95. The molecule has 1 aliphatic rings. The third-order valence-electron chi connectivity index (χ3n) is 3.33. The number of amides is 1. The molecular weight excluding hydrogens is 252 g/mol. The molecule has 18 heavy (non-hydrogen) atoms. The van der Waals surface area contributed by atoms with E-state index in [4.69, 9.17) is 5.73 Å². The third kappa shape index (κ3) is 3.45. The molecule has 0 spiro atoms. The molecule has 1 aromatic rings. The molecule has 1 aliphatic carbocycles. The van der Waals surface area contributed by atoms with Crippen LogP contribution in [0.5, 0.6) is 0 Å². The second kappa shape index (κ2) is 6.18. The summed E-state index contributed by atoms with van der Waals surface area (Å²) in [4.78, 5) is 11.7. The standard InChI is InChI=1S/C13H18N2O2.ClH/c14-13(7-4-8-13)9-15-12(17)11(16)10-5-2-1-3-6-10;/h1-3,5-6,11,16H,4,7-9,14H2,(H,15,17);1H. The van der Waals surface area contributed by atoms with E-state index in [0.717, 1.165) is 19.3 Å². The van der Waals surface area contributed by atoms with E-state index in [9.17, 15) is 9.90 Å². The van der Waals surface area contributed by atoms with Gasteiger partial charge >= 0.3 is 0 Å². The average Bonchev–Trinajstić information content (AvgIpc) is 2.33. The summed E-state index contributed by atoms with van der Waals surface area (Å²) in [5.41, 5.74) is 6.34. The fraction of sp³-hybridized carbons (Fsp3) is 0.462. The zero-order valence-corrected chi connectivity index (χ0v) is 11.0. The van der Waals surface area contributed by atoms with Gasteiger partial charge in [0.2, 0.25) is 0 Å². The molecule has 0 heterocycles. The molecule has 0 radical (unpaired) electrons. The number of nitrogens with two attached hydrogens (primary N) is 1. The predicted octanol–water partition coefficient (Wildman–Crippen LogP) is 1.14. The highest BCUT2D eigenvalue weighted by Crippen LogP contribution is 2.28. The Morgan fingerprint density at radius 3 is 2.50 bits per heavy atom. The van der Waals surface area contributed by atoms with Gasteiger partial charge in [-0.2, -0.15) is 0 Å². The summed E-state index contributed by atoms with van der Waals surface area (Å²) in [5, 5.41) is 12.5. The number of hydrogen-bond acceptors (Lipinski definition) is 3. The summed E-state index contributed by atoms with van der Waals surface area (Å²) in [6, 6.07) is 8.89. The molecule has 1 aromatic carbocycles. The summed E-state index contributed by atoms with van der Waals surface area (Å²) < 4.78 is 0. The SMILES string of the molecule is Cl.NC1(CNC(=O)C(O)c2ccccc2)CCC1. The van der Waals surface area contributed by atoms with Crippen LogP contribution in [0.15, 0.2) is 30.3 Å². The zero-order chi connectivity index (χ0) is 12.3. The molecule has 0 saturated heterocycles. The van der Waals surface area contributed by atoms with E-state index in [1.54, 1.807) is 24.3 Å². The Kier molecular flexibility index (Phi) is 5.14. The van der Waals surface area contributed by atoms with E-state index in [2.05, 4.69) is 5.32 Å². The maximum absolute atomic E-state index is 11.7. The van der Waals surface area contributed by atoms with Gasteiger partial charge in [0.25, 0.3) is 5.91 Å². The molecule has 0 aliphatic heterocycles. The van der Waals surface area contributed by atoms with E-state index >= 15 is 0 Å². The van der Waals surface area contributed by atoms with Gasteiger partial charge in [-0.15, -0.1) is 12.4 Å². The first-order valence-corrected chi connectivity index (χ1v) is 5.90. The van der Waals surface area contributed by atoms with Crippen LogP contribution in [-0.4, -0.2) is 23.1 Å². The topological polar surface area (TPSA) is 75.3 Å². The molecule has 1 fully saturated rings. The van der Waals surface area contributed by atoms with Crippen LogP contribution >= 0.6 is 12.4 Å². The van der Waals surface area contributed by atoms with E-state index in [0.29, 0.717) is 12.1 Å². The third-order valence-corrected chi connectivity index (χ3v) is 3.33. The van der Waals surface area contributed by atoms with Crippen molar-refractivity contribution in [1.82, 2.24) is 5.32 Å². The molecule has 0 aromatic heterocycles. The van der Waals surface area contributed by atoms with Crippen LogP contribution in [0.25, 0.3) is 0 Å². The van der Waals surface area contributed by atoms with Crippen LogP contribution in [-0.2, 0) is 4.79 Å². The number of aliphatic hydroxyl groups excluding tert-OH is 1. The molecule has 1 unspecified atom stereocenters. The monoisotopic (exact) mass is 270 g/mol. The molecule has 4 N–H and O–H groups in total. The van der Waals surface area contributed by atoms with Crippen LogP contribution in [0.3, 0.4) is 0 Å². The van der Waals surface area contributed by atoms with Crippen molar-refractivity contribution in [3.05, 3.63) is 35.9 Å². The molecule has 2 rings (SSSR count). The number of benzene rings is 1. The van der Waals surface area contributed by atoms with Crippen LogP contribution in [0.1, 0.15) is 30.9 Å². The summed E-state index contributed by atoms with van der Waals surface area (Å²) in [6.07, 6.45) is 1.89. The maximum atomic E-state index is 11.7. The Bertz CT molecular complexity index is 393. The van der Waals surface area contributed by atoms with Crippen molar-refractivity contribution < 1.29 is 9.90 Å². The second-order valence-electron chi connectivity index (χ2n) is 4.75. The smallest absolute Gasteiger partial charge is 0.253 e. The highest BCUT2D eigenvalue weighted by molar-refractivity contribution is 5.85. The Labute approximate surface area is 113 Å². The fourth-order valence-electron chi connectivity index (χ4n) is 1.95. The molecule has 1 saturated carbocycles. The Balaban J connectivity index is 0.00000162. The van der Waals surface area contributed by atoms with Crippen molar-refractivity contribution in [2.24, 2.45) is 5.73 Å². The van der Waals surface area contributed by atoms with E-state index in [1.165, 1.54) is 0 Å². The van der Waals surface area contributed by atoms with Gasteiger partial charge in [-0.1, -0.05) is 30.3 Å². The van der Waals surface area contributed by atoms with Gasteiger partial charge < -0.3 is 16.2 Å². The van der Waals surface area contributed by atoms with Crippen molar-refractivity contribution in [3.63, 3.8) is 0 Å². The molecule has 100 valence electrons. The first-order chi connectivity index (χ1) is 8.11. The van der Waals surface area contributed by atoms with Crippen molar-refractivity contribution >= 4 is 18.3 Å². The second-order valence-corrected chi connectivity index (χ2v) is 4.75. The molecule has 4 nitrogen and oxygen atoms in total. The summed E-state index contributed by atoms with van der Waals surface area (Å²) in [7, 11) is 0. The summed E-state index contributed by atoms with van der Waals surface area (Å²) in [6.45, 7) is 0.440. The minimum atomic E-state index is -1.11. The van der Waals surface area contributed by atoms with E-state index < -0.39 is 6.10 Å². The normalized spacial score (nSPS) is 18.1. The van der Waals surface area contributed by atoms with Gasteiger partial charge in [-0.05, 0) is 24.8 Å². The number of aliphatic hydroxyl groups is 1. The van der Waals surface area contributed by atoms with E-state index in [-0.39, 0.29) is 23.9 Å². The molecule has 0 bridgehead atoms. The molecular formula is C13H19ClN2O2. The number of hydrogen-bond donors (Lipinski definition) is 3. The van der Waals surface area contributed by atoms with E-state index in [1.807, 2.05) is 6.07 Å². The molecule has 5 heteroatoms. The van der Waals surface area contributed by atoms with Crippen molar-refractivity contribution in [2.45, 2.75) is 30.9 Å². The lowest BCUT2D eigenvalue weighted by Crippen LogP contribution is -2.55. The van der Waals surface area contributed by atoms with Crippen LogP contribution in [0.4, 0.5) is 0 Å². The van der Waals surface area contributed by atoms with Gasteiger partial charge in [0.1, 0.15) is 0 Å². The predicted molar refractivity (Wildman–Crippen MR) is 72.4 cm³/mol. The number of carbonyl (C=O) groups excluding carboxylic acids is 1. The highest BCUT2D eigenvalue weighted by atomic mass is 35.5. The Hall–Kier alpha value is -1.10. The lowest BCUT2D eigenvalue weighted by atomic mass is 9.78. The number of carbonyl (C=O) groups is 1. The van der Waals surface area contributed by atoms with Gasteiger partial charge in [0.05, 0.1) is 0 Å². The van der Waals surface area contributed by atoms with Gasteiger partial charge in [0.15, 0.2) is 6.10 Å². The largest absolute Gasteiger partial charge is 0.378 e. The maximum Gasteiger partial charge on any atom is 0.253 e. The van der Waals surface area contributed by atoms with Crippen molar-refractivity contribution in [3.8, 4) is 0 Å². The number of rotatable bonds is 4. The van der Waals surface area contributed by atoms with Crippen LogP contribution in [0, 0.1) is 0 Å². The average molecular weight is 271 g/mol. The Morgan fingerprint density at radius 1 is 1.39 bits per heavy atom. The first kappa shape index (κ1) is 15.0. The molecule has 1 atom stereocenters. The van der Waals surface area contributed by atoms with Gasteiger partial charge in [0, 0.05) is 12.1 Å². The Morgan fingerprint density at radius 2 is 2.00 bits per heavy atom. The van der Waals surface area contributed by atoms with Crippen LogP contribution < -0.4 is 11.1 Å². The lowest BCUT2D eigenvalue weighted by Gasteiger charge is -2.38. The molecule has 1 amide bonds. The minimum absolute atomic E-state index is 0. The number of halogens is 1. The number of nitrogens with one attached hydrogen (secondary N) is 1. The first-order valence-electron chi connectivity index (χ1n) is 5.90. The summed E-state index contributed by atoms with van der Waals surface area (Å²) >= 11 is 0. The summed E-state index contributed by atoms with van der Waals surface area (Å²) in [5.74, 6) is -0.382.